The van der Waals surface area contributed by atoms with Gasteiger partial charge in [0.1, 0.15) is 23.4 Å². The number of aryl methyl sites for hydroxylation is 1. The number of hydrogen-bond acceptors (Lipinski definition) is 7. The summed E-state index contributed by atoms with van der Waals surface area (Å²) in [4.78, 5) is 23.4. The molecule has 0 spiro atoms. The summed E-state index contributed by atoms with van der Waals surface area (Å²) in [6, 6.07) is 0. The fourth-order valence-electron chi connectivity index (χ4n) is 3.48. The summed E-state index contributed by atoms with van der Waals surface area (Å²) in [6.07, 6.45) is 6.85. The molecule has 1 fully saturated rings. The van der Waals surface area contributed by atoms with Crippen molar-refractivity contribution >= 4 is 11.7 Å². The second-order valence-electron chi connectivity index (χ2n) is 6.29. The van der Waals surface area contributed by atoms with Gasteiger partial charge in [0, 0.05) is 38.0 Å². The largest absolute Gasteiger partial charge is 0.372 e. The third-order valence-corrected chi connectivity index (χ3v) is 4.77. The Kier molecular flexibility index (Phi) is 4.35. The topological polar surface area (TPSA) is 93.4 Å². The van der Waals surface area contributed by atoms with Gasteiger partial charge in [-0.2, -0.15) is 0 Å². The SMILES string of the molecule is CNc1nccnc1[C@H]1CN(C(=O)c2noc3c2CCCC3)CCO1. The molecule has 4 rings (SSSR count). The standard InChI is InChI=1S/C17H21N5O3/c1-18-16-15(19-6-7-20-16)13-10-22(8-9-24-13)17(23)14-11-4-2-3-5-12(11)25-21-14/h6-7,13H,2-5,8-10H2,1H3,(H,18,20)/t13-/m1/s1. The van der Waals surface area contributed by atoms with Gasteiger partial charge in [-0.05, 0) is 19.3 Å². The van der Waals surface area contributed by atoms with Gasteiger partial charge >= 0.3 is 0 Å². The maximum atomic E-state index is 13.0. The number of morpholine rings is 1. The molecule has 25 heavy (non-hydrogen) atoms. The van der Waals surface area contributed by atoms with Crippen molar-refractivity contribution in [3.8, 4) is 0 Å². The van der Waals surface area contributed by atoms with Crippen molar-refractivity contribution in [1.82, 2.24) is 20.0 Å². The van der Waals surface area contributed by atoms with Crippen LogP contribution in [0.4, 0.5) is 5.82 Å². The molecule has 0 bridgehead atoms. The number of nitrogens with zero attached hydrogens (tertiary/aromatic N) is 4. The Balaban J connectivity index is 1.55. The van der Waals surface area contributed by atoms with Gasteiger partial charge in [-0.3, -0.25) is 9.78 Å². The molecule has 0 aromatic carbocycles. The Morgan fingerprint density at radius 2 is 2.12 bits per heavy atom. The Morgan fingerprint density at radius 1 is 1.28 bits per heavy atom. The van der Waals surface area contributed by atoms with Crippen LogP contribution in [0.3, 0.4) is 0 Å². The molecule has 0 unspecified atom stereocenters. The highest BCUT2D eigenvalue weighted by atomic mass is 16.5. The molecule has 8 heteroatoms. The third kappa shape index (κ3) is 2.97. The number of nitrogens with one attached hydrogen (secondary N) is 1. The number of rotatable bonds is 3. The highest BCUT2D eigenvalue weighted by molar-refractivity contribution is 5.94. The lowest BCUT2D eigenvalue weighted by atomic mass is 9.96. The van der Waals surface area contributed by atoms with Gasteiger partial charge in [-0.15, -0.1) is 0 Å². The molecule has 1 N–H and O–H groups in total. The van der Waals surface area contributed by atoms with E-state index in [9.17, 15) is 4.79 Å². The number of anilines is 1. The van der Waals surface area contributed by atoms with Crippen LogP contribution in [0.1, 0.15) is 46.5 Å². The van der Waals surface area contributed by atoms with Crippen molar-refractivity contribution in [3.63, 3.8) is 0 Å². The number of ether oxygens (including phenoxy) is 1. The maximum Gasteiger partial charge on any atom is 0.276 e. The van der Waals surface area contributed by atoms with Gasteiger partial charge in [0.05, 0.1) is 13.2 Å². The van der Waals surface area contributed by atoms with Crippen molar-refractivity contribution in [3.05, 3.63) is 35.1 Å². The Labute approximate surface area is 145 Å². The molecule has 0 saturated carbocycles. The first-order valence-corrected chi connectivity index (χ1v) is 8.65. The van der Waals surface area contributed by atoms with Crippen LogP contribution in [0.25, 0.3) is 0 Å². The van der Waals surface area contributed by atoms with E-state index in [0.717, 1.165) is 37.0 Å². The van der Waals surface area contributed by atoms with Crippen molar-refractivity contribution in [2.75, 3.05) is 32.1 Å². The molecule has 0 radical (unpaired) electrons. The lowest BCUT2D eigenvalue weighted by Gasteiger charge is -2.32. The fraction of sp³-hybridized carbons (Fsp3) is 0.529. The molecule has 1 atom stereocenters. The Bertz CT molecular complexity index is 775. The van der Waals surface area contributed by atoms with Gasteiger partial charge in [0.2, 0.25) is 0 Å². The summed E-state index contributed by atoms with van der Waals surface area (Å²) < 4.78 is 11.2. The highest BCUT2D eigenvalue weighted by Crippen LogP contribution is 2.28. The molecule has 132 valence electrons. The summed E-state index contributed by atoms with van der Waals surface area (Å²) in [5.41, 5.74) is 2.16. The van der Waals surface area contributed by atoms with E-state index in [1.54, 1.807) is 24.3 Å². The van der Waals surface area contributed by atoms with Gasteiger partial charge in [-0.25, -0.2) is 4.98 Å². The summed E-state index contributed by atoms with van der Waals surface area (Å²) in [6.45, 7) is 1.41. The summed E-state index contributed by atoms with van der Waals surface area (Å²) in [5, 5.41) is 7.08. The van der Waals surface area contributed by atoms with E-state index < -0.39 is 0 Å². The van der Waals surface area contributed by atoms with E-state index >= 15 is 0 Å². The molecular weight excluding hydrogens is 322 g/mol. The number of hydrogen-bond donors (Lipinski definition) is 1. The number of carbonyl (C=O) groups excluding carboxylic acids is 1. The fourth-order valence-corrected chi connectivity index (χ4v) is 3.48. The van der Waals surface area contributed by atoms with Gasteiger partial charge < -0.3 is 19.5 Å². The Hall–Kier alpha value is -2.48. The summed E-state index contributed by atoms with van der Waals surface area (Å²) in [7, 11) is 1.79. The predicted molar refractivity (Wildman–Crippen MR) is 89.3 cm³/mol. The molecule has 8 nitrogen and oxygen atoms in total. The zero-order valence-corrected chi connectivity index (χ0v) is 14.2. The minimum absolute atomic E-state index is 0.0879. The average Bonchev–Trinajstić information content (AvgIpc) is 3.11. The molecule has 2 aliphatic rings. The first kappa shape index (κ1) is 16.0. The molecule has 2 aromatic rings. The zero-order chi connectivity index (χ0) is 17.2. The number of amides is 1. The van der Waals surface area contributed by atoms with Crippen LogP contribution in [-0.2, 0) is 17.6 Å². The number of aromatic nitrogens is 3. The van der Waals surface area contributed by atoms with Crippen molar-refractivity contribution in [1.29, 1.82) is 0 Å². The third-order valence-electron chi connectivity index (χ3n) is 4.77. The monoisotopic (exact) mass is 343 g/mol. The summed E-state index contributed by atoms with van der Waals surface area (Å²) >= 11 is 0. The lowest BCUT2D eigenvalue weighted by Crippen LogP contribution is -2.43. The van der Waals surface area contributed by atoms with E-state index in [1.807, 2.05) is 0 Å². The number of fused-ring (bicyclic) bond motifs is 1. The van der Waals surface area contributed by atoms with Gasteiger partial charge in [-0.1, -0.05) is 5.16 Å². The second-order valence-corrected chi connectivity index (χ2v) is 6.29. The van der Waals surface area contributed by atoms with Crippen LogP contribution in [-0.4, -0.2) is 52.7 Å². The van der Waals surface area contributed by atoms with Crippen LogP contribution >= 0.6 is 0 Å². The molecule has 1 aliphatic heterocycles. The Morgan fingerprint density at radius 3 is 3.00 bits per heavy atom. The molecule has 2 aromatic heterocycles. The minimum Gasteiger partial charge on any atom is -0.372 e. The number of carbonyl (C=O) groups is 1. The van der Waals surface area contributed by atoms with E-state index in [4.69, 9.17) is 9.26 Å². The van der Waals surface area contributed by atoms with Gasteiger partial charge in [0.25, 0.3) is 5.91 Å². The van der Waals surface area contributed by atoms with E-state index in [2.05, 4.69) is 20.4 Å². The first-order chi connectivity index (χ1) is 12.3. The molecule has 1 saturated heterocycles. The van der Waals surface area contributed by atoms with E-state index in [-0.39, 0.29) is 12.0 Å². The van der Waals surface area contributed by atoms with Crippen LogP contribution in [0.2, 0.25) is 0 Å². The van der Waals surface area contributed by atoms with Crippen LogP contribution in [0.15, 0.2) is 16.9 Å². The quantitative estimate of drug-likeness (QED) is 0.904. The van der Waals surface area contributed by atoms with Crippen molar-refractivity contribution in [2.24, 2.45) is 0 Å². The smallest absolute Gasteiger partial charge is 0.276 e. The van der Waals surface area contributed by atoms with Crippen molar-refractivity contribution < 1.29 is 14.1 Å². The van der Waals surface area contributed by atoms with E-state index in [1.165, 1.54) is 0 Å². The van der Waals surface area contributed by atoms with Crippen LogP contribution < -0.4 is 5.32 Å². The zero-order valence-electron chi connectivity index (χ0n) is 14.2. The molecule has 3 heterocycles. The van der Waals surface area contributed by atoms with Crippen LogP contribution in [0.5, 0.6) is 0 Å². The van der Waals surface area contributed by atoms with Crippen molar-refractivity contribution in [2.45, 2.75) is 31.8 Å². The van der Waals surface area contributed by atoms with Crippen LogP contribution in [0, 0.1) is 0 Å². The first-order valence-electron chi connectivity index (χ1n) is 8.65. The molecular formula is C17H21N5O3. The minimum atomic E-state index is -0.309. The highest BCUT2D eigenvalue weighted by Gasteiger charge is 2.32. The summed E-state index contributed by atoms with van der Waals surface area (Å²) in [5.74, 6) is 1.45. The second kappa shape index (κ2) is 6.79. The lowest BCUT2D eigenvalue weighted by molar-refractivity contribution is -0.0248. The normalized spacial score (nSPS) is 20.2. The van der Waals surface area contributed by atoms with E-state index in [0.29, 0.717) is 36.9 Å². The molecule has 1 aliphatic carbocycles. The average molecular weight is 343 g/mol. The van der Waals surface area contributed by atoms with Gasteiger partial charge in [0.15, 0.2) is 5.69 Å². The maximum absolute atomic E-state index is 13.0. The predicted octanol–water partition coefficient (Wildman–Crippen LogP) is 1.60. The molecule has 1 amide bonds.